The monoisotopic (exact) mass is 364 g/mol. The quantitative estimate of drug-likeness (QED) is 0.874. The lowest BCUT2D eigenvalue weighted by atomic mass is 9.86. The van der Waals surface area contributed by atoms with Crippen LogP contribution in [-0.4, -0.2) is 36.7 Å². The van der Waals surface area contributed by atoms with Crippen LogP contribution in [0.3, 0.4) is 0 Å². The first-order chi connectivity index (χ1) is 13.0. The van der Waals surface area contributed by atoms with Gasteiger partial charge in [0.1, 0.15) is 6.10 Å². The third-order valence-corrected chi connectivity index (χ3v) is 5.96. The molecule has 0 saturated carbocycles. The van der Waals surface area contributed by atoms with E-state index < -0.39 is 5.54 Å². The van der Waals surface area contributed by atoms with Gasteiger partial charge >= 0.3 is 6.09 Å². The fourth-order valence-electron chi connectivity index (χ4n) is 4.26. The number of fused-ring (bicyclic) bond motifs is 3. The van der Waals surface area contributed by atoms with E-state index in [-0.39, 0.29) is 12.2 Å². The summed E-state index contributed by atoms with van der Waals surface area (Å²) >= 11 is 0. The smallest absolute Gasteiger partial charge is 0.408 e. The summed E-state index contributed by atoms with van der Waals surface area (Å²) in [6, 6.07) is 18.6. The molecule has 5 rings (SSSR count). The zero-order valence-corrected chi connectivity index (χ0v) is 16.2. The van der Waals surface area contributed by atoms with Gasteiger partial charge in [-0.1, -0.05) is 48.5 Å². The second-order valence-electron chi connectivity index (χ2n) is 8.28. The number of nitrogens with one attached hydrogen (secondary N) is 1. The van der Waals surface area contributed by atoms with Gasteiger partial charge < -0.3 is 10.1 Å². The molecule has 1 unspecified atom stereocenters. The highest BCUT2D eigenvalue weighted by Crippen LogP contribution is 2.30. The van der Waals surface area contributed by atoms with E-state index in [9.17, 15) is 4.79 Å². The molecule has 0 radical (unpaired) electrons. The van der Waals surface area contributed by atoms with Crippen LogP contribution in [0.4, 0.5) is 4.79 Å². The average Bonchev–Trinajstić information content (AvgIpc) is 2.69. The van der Waals surface area contributed by atoms with Crippen LogP contribution in [0.5, 0.6) is 0 Å². The lowest BCUT2D eigenvalue weighted by Gasteiger charge is -2.44. The first-order valence-electron chi connectivity index (χ1n) is 9.88. The molecule has 1 N–H and O–H groups in total. The fraction of sp³-hybridized carbons (Fsp3) is 0.435. The highest BCUT2D eigenvalue weighted by Gasteiger charge is 2.37. The van der Waals surface area contributed by atoms with Gasteiger partial charge in [0.15, 0.2) is 0 Å². The molecule has 1 atom stereocenters. The summed E-state index contributed by atoms with van der Waals surface area (Å²) in [5.41, 5.74) is 2.88. The Morgan fingerprint density at radius 2 is 1.74 bits per heavy atom. The molecule has 142 valence electrons. The predicted molar refractivity (Wildman–Crippen MR) is 107 cm³/mol. The summed E-state index contributed by atoms with van der Waals surface area (Å²) in [5.74, 6) is 0.519. The maximum atomic E-state index is 12.6. The molecule has 27 heavy (non-hydrogen) atoms. The molecule has 0 spiro atoms. The summed E-state index contributed by atoms with van der Waals surface area (Å²) in [4.78, 5) is 15.0. The Hall–Kier alpha value is -2.33. The van der Waals surface area contributed by atoms with Crippen molar-refractivity contribution in [3.05, 3.63) is 60.2 Å². The topological polar surface area (TPSA) is 41.6 Å². The molecule has 2 aromatic carbocycles. The molecule has 3 saturated heterocycles. The molecule has 3 fully saturated rings. The van der Waals surface area contributed by atoms with E-state index in [4.69, 9.17) is 4.74 Å². The van der Waals surface area contributed by atoms with Gasteiger partial charge in [0, 0.05) is 6.54 Å². The van der Waals surface area contributed by atoms with Crippen LogP contribution in [0, 0.1) is 5.92 Å². The number of alkyl carbamates (subject to hydrolysis) is 1. The molecule has 4 nitrogen and oxygen atoms in total. The Kier molecular flexibility index (Phi) is 4.92. The van der Waals surface area contributed by atoms with E-state index in [1.165, 1.54) is 5.56 Å². The van der Waals surface area contributed by atoms with Crippen molar-refractivity contribution in [1.29, 1.82) is 0 Å². The van der Waals surface area contributed by atoms with Crippen molar-refractivity contribution < 1.29 is 9.53 Å². The van der Waals surface area contributed by atoms with Gasteiger partial charge in [-0.3, -0.25) is 4.90 Å². The Balaban J connectivity index is 1.44. The number of carbonyl (C=O) groups is 1. The molecule has 2 bridgehead atoms. The van der Waals surface area contributed by atoms with Crippen molar-refractivity contribution in [2.45, 2.75) is 38.3 Å². The number of amides is 1. The zero-order valence-electron chi connectivity index (χ0n) is 16.2. The van der Waals surface area contributed by atoms with Gasteiger partial charge in [-0.2, -0.15) is 0 Å². The summed E-state index contributed by atoms with van der Waals surface area (Å²) < 4.78 is 5.81. The van der Waals surface area contributed by atoms with Gasteiger partial charge in [-0.15, -0.1) is 0 Å². The average molecular weight is 364 g/mol. The van der Waals surface area contributed by atoms with E-state index in [1.54, 1.807) is 0 Å². The van der Waals surface area contributed by atoms with Gasteiger partial charge in [0.2, 0.25) is 0 Å². The van der Waals surface area contributed by atoms with Crippen molar-refractivity contribution in [3.8, 4) is 11.1 Å². The summed E-state index contributed by atoms with van der Waals surface area (Å²) in [6.07, 6.45) is 1.99. The summed E-state index contributed by atoms with van der Waals surface area (Å²) in [7, 11) is 0. The SMILES string of the molecule is CC(C)(NC(=O)OC1CN2CCC1CC2)c1cccc(-c2ccccc2)c1. The third kappa shape index (κ3) is 4.01. The number of benzene rings is 2. The minimum Gasteiger partial charge on any atom is -0.445 e. The number of piperidine rings is 3. The maximum absolute atomic E-state index is 12.6. The second kappa shape index (κ2) is 7.35. The van der Waals surface area contributed by atoms with Crippen LogP contribution in [0.15, 0.2) is 54.6 Å². The van der Waals surface area contributed by atoms with Crippen LogP contribution in [0.1, 0.15) is 32.3 Å². The number of carbonyl (C=O) groups excluding carboxylic acids is 1. The molecule has 4 heteroatoms. The van der Waals surface area contributed by atoms with E-state index in [0.717, 1.165) is 43.6 Å². The van der Waals surface area contributed by atoms with Crippen LogP contribution in [0.25, 0.3) is 11.1 Å². The number of hydrogen-bond acceptors (Lipinski definition) is 3. The molecular formula is C23H28N2O2. The molecular weight excluding hydrogens is 336 g/mol. The standard InChI is InChI=1S/C23H28N2O2/c1-23(2,20-10-6-9-19(15-20)17-7-4-3-5-8-17)24-22(26)27-21-16-25-13-11-18(21)12-14-25/h3-10,15,18,21H,11-14,16H2,1-2H3,(H,24,26). The molecule has 0 aliphatic carbocycles. The molecule has 0 aromatic heterocycles. The molecule has 3 heterocycles. The van der Waals surface area contributed by atoms with Crippen molar-refractivity contribution in [2.75, 3.05) is 19.6 Å². The van der Waals surface area contributed by atoms with Crippen molar-refractivity contribution in [3.63, 3.8) is 0 Å². The third-order valence-electron chi connectivity index (χ3n) is 5.96. The van der Waals surface area contributed by atoms with Gasteiger partial charge in [0.05, 0.1) is 5.54 Å². The highest BCUT2D eigenvalue weighted by molar-refractivity contribution is 5.70. The number of hydrogen-bond donors (Lipinski definition) is 1. The second-order valence-corrected chi connectivity index (χ2v) is 8.28. The predicted octanol–water partition coefficient (Wildman–Crippen LogP) is 4.41. The van der Waals surface area contributed by atoms with E-state index in [1.807, 2.05) is 38.1 Å². The van der Waals surface area contributed by atoms with Crippen LogP contribution >= 0.6 is 0 Å². The first-order valence-corrected chi connectivity index (χ1v) is 9.88. The van der Waals surface area contributed by atoms with Gasteiger partial charge in [0.25, 0.3) is 0 Å². The van der Waals surface area contributed by atoms with Gasteiger partial charge in [-0.25, -0.2) is 4.79 Å². The highest BCUT2D eigenvalue weighted by atomic mass is 16.6. The number of nitrogens with zero attached hydrogens (tertiary/aromatic N) is 1. The minimum atomic E-state index is -0.504. The summed E-state index contributed by atoms with van der Waals surface area (Å²) in [5, 5.41) is 3.08. The Morgan fingerprint density at radius 1 is 1.04 bits per heavy atom. The minimum absolute atomic E-state index is 0.0268. The van der Waals surface area contributed by atoms with Crippen LogP contribution in [-0.2, 0) is 10.3 Å². The van der Waals surface area contributed by atoms with Crippen molar-refractivity contribution >= 4 is 6.09 Å². The Labute approximate surface area is 161 Å². The Bertz CT molecular complexity index is 795. The molecule has 3 aliphatic rings. The largest absolute Gasteiger partial charge is 0.445 e. The first kappa shape index (κ1) is 18.1. The molecule has 3 aliphatic heterocycles. The van der Waals surface area contributed by atoms with Gasteiger partial charge in [-0.05, 0) is 68.5 Å². The lowest BCUT2D eigenvalue weighted by Crippen LogP contribution is -2.53. The van der Waals surface area contributed by atoms with E-state index in [2.05, 4.69) is 40.5 Å². The van der Waals surface area contributed by atoms with Crippen molar-refractivity contribution in [2.24, 2.45) is 5.92 Å². The lowest BCUT2D eigenvalue weighted by molar-refractivity contribution is -0.0349. The number of rotatable bonds is 4. The maximum Gasteiger partial charge on any atom is 0.408 e. The number of ether oxygens (including phenoxy) is 1. The molecule has 2 aromatic rings. The summed E-state index contributed by atoms with van der Waals surface area (Å²) in [6.45, 7) is 7.21. The molecule has 1 amide bonds. The van der Waals surface area contributed by atoms with Crippen LogP contribution < -0.4 is 5.32 Å². The normalized spacial score (nSPS) is 24.4. The van der Waals surface area contributed by atoms with Crippen LogP contribution in [0.2, 0.25) is 0 Å². The van der Waals surface area contributed by atoms with E-state index >= 15 is 0 Å². The zero-order chi connectivity index (χ0) is 18.9. The van der Waals surface area contributed by atoms with Crippen molar-refractivity contribution in [1.82, 2.24) is 10.2 Å². The van der Waals surface area contributed by atoms with E-state index in [0.29, 0.717) is 5.92 Å². The fourth-order valence-corrected chi connectivity index (χ4v) is 4.26. The Morgan fingerprint density at radius 3 is 2.41 bits per heavy atom.